The molecule has 1 saturated heterocycles. The summed E-state index contributed by atoms with van der Waals surface area (Å²) in [5, 5.41) is 9.06. The lowest BCUT2D eigenvalue weighted by Crippen LogP contribution is -2.56. The maximum Gasteiger partial charge on any atom is 0.341 e. The molecule has 0 bridgehead atoms. The topological polar surface area (TPSA) is 79.3 Å². The van der Waals surface area contributed by atoms with Crippen LogP contribution in [0.15, 0.2) is 72.8 Å². The molecule has 0 spiro atoms. The van der Waals surface area contributed by atoms with Gasteiger partial charge in [-0.1, -0.05) is 42.5 Å². The van der Waals surface area contributed by atoms with Crippen LogP contribution in [0.5, 0.6) is 11.5 Å². The van der Waals surface area contributed by atoms with E-state index in [2.05, 4.69) is 41.8 Å². The highest BCUT2D eigenvalue weighted by Crippen LogP contribution is 2.35. The van der Waals surface area contributed by atoms with Crippen LogP contribution in [-0.4, -0.2) is 65.5 Å². The van der Waals surface area contributed by atoms with Crippen molar-refractivity contribution in [2.45, 2.75) is 45.4 Å². The molecule has 1 aliphatic rings. The lowest BCUT2D eigenvalue weighted by atomic mass is 9.92. The number of ether oxygens (including phenoxy) is 2. The highest BCUT2D eigenvalue weighted by Gasteiger charge is 2.35. The number of methoxy groups -OCH3 is 1. The van der Waals surface area contributed by atoms with Crippen LogP contribution in [0.2, 0.25) is 0 Å². The van der Waals surface area contributed by atoms with Crippen LogP contribution in [0, 0.1) is 0 Å². The molecule has 1 N–H and O–H groups in total. The smallest absolute Gasteiger partial charge is 0.341 e. The van der Waals surface area contributed by atoms with Crippen molar-refractivity contribution >= 4 is 11.8 Å². The Kier molecular flexibility index (Phi) is 8.81. The number of carbonyl (C=O) groups excluding carboxylic acids is 1. The number of rotatable bonds is 10. The molecular formula is C31H36N2O5. The lowest BCUT2D eigenvalue weighted by molar-refractivity contribution is -0.139. The fraction of sp³-hybridized carbons (Fsp3) is 0.355. The van der Waals surface area contributed by atoms with Gasteiger partial charge in [-0.25, -0.2) is 4.79 Å². The second kappa shape index (κ2) is 12.2. The number of nitrogens with zero attached hydrogens (tertiary/aromatic N) is 2. The maximum absolute atomic E-state index is 12.2. The van der Waals surface area contributed by atoms with Gasteiger partial charge < -0.3 is 14.6 Å². The normalized spacial score (nSPS) is 19.1. The standard InChI is InChI=1S/C31H36N2O5/c1-21-18-33(22(2)17-32(21)19-24-8-5-12-28(14-24)37-4)31(26-10-6-9-25(15-26)23(3)34)27-11-7-13-29(16-27)38-20-30(35)36/h5-16,21-22,31H,17-20H2,1-4H3,(H,35,36)/t21-,22+,31?/m1/s1. The molecule has 0 radical (unpaired) electrons. The first-order chi connectivity index (χ1) is 18.2. The Morgan fingerprint density at radius 2 is 1.61 bits per heavy atom. The molecule has 38 heavy (non-hydrogen) atoms. The zero-order chi connectivity index (χ0) is 27.2. The number of ketones is 1. The molecule has 3 atom stereocenters. The van der Waals surface area contributed by atoms with E-state index in [1.54, 1.807) is 20.1 Å². The molecule has 1 unspecified atom stereocenters. The van der Waals surface area contributed by atoms with Gasteiger partial charge in [-0.05, 0) is 67.8 Å². The van der Waals surface area contributed by atoms with Crippen LogP contribution < -0.4 is 9.47 Å². The van der Waals surface area contributed by atoms with Gasteiger partial charge in [0.2, 0.25) is 0 Å². The summed E-state index contributed by atoms with van der Waals surface area (Å²) in [4.78, 5) is 28.2. The quantitative estimate of drug-likeness (QED) is 0.378. The zero-order valence-corrected chi connectivity index (χ0v) is 22.5. The van der Waals surface area contributed by atoms with Crippen LogP contribution in [0.1, 0.15) is 53.9 Å². The Morgan fingerprint density at radius 1 is 0.921 bits per heavy atom. The van der Waals surface area contributed by atoms with Crippen molar-refractivity contribution in [1.29, 1.82) is 0 Å². The fourth-order valence-electron chi connectivity index (χ4n) is 5.23. The van der Waals surface area contributed by atoms with Crippen LogP contribution >= 0.6 is 0 Å². The maximum atomic E-state index is 12.2. The first-order valence-corrected chi connectivity index (χ1v) is 12.9. The molecule has 200 valence electrons. The SMILES string of the molecule is COc1cccc(CN2C[C@H](C)N(C(c3cccc(OCC(=O)O)c3)c3cccc(C(C)=O)c3)C[C@H]2C)c1. The second-order valence-corrected chi connectivity index (χ2v) is 10.0. The third-order valence-electron chi connectivity index (χ3n) is 7.16. The Hall–Kier alpha value is -3.68. The van der Waals surface area contributed by atoms with Crippen molar-refractivity contribution in [2.75, 3.05) is 26.8 Å². The molecule has 1 aliphatic heterocycles. The number of aliphatic carboxylic acids is 1. The molecule has 1 heterocycles. The fourth-order valence-corrected chi connectivity index (χ4v) is 5.23. The molecule has 0 aromatic heterocycles. The number of carboxylic acids is 1. The largest absolute Gasteiger partial charge is 0.497 e. The molecule has 4 rings (SSSR count). The molecule has 3 aromatic rings. The van der Waals surface area contributed by atoms with Crippen molar-refractivity contribution < 1.29 is 24.2 Å². The van der Waals surface area contributed by atoms with Gasteiger partial charge in [-0.2, -0.15) is 0 Å². The average molecular weight is 517 g/mol. The summed E-state index contributed by atoms with van der Waals surface area (Å²) in [6, 6.07) is 24.0. The summed E-state index contributed by atoms with van der Waals surface area (Å²) in [7, 11) is 1.69. The van der Waals surface area contributed by atoms with Gasteiger partial charge >= 0.3 is 5.97 Å². The number of carbonyl (C=O) groups is 2. The first-order valence-electron chi connectivity index (χ1n) is 12.9. The summed E-state index contributed by atoms with van der Waals surface area (Å²) in [5.74, 6) is 0.372. The number of benzene rings is 3. The molecule has 7 nitrogen and oxygen atoms in total. The number of piperazine rings is 1. The van der Waals surface area contributed by atoms with E-state index in [9.17, 15) is 9.59 Å². The van der Waals surface area contributed by atoms with Gasteiger partial charge in [0.25, 0.3) is 0 Å². The Labute approximate surface area is 224 Å². The lowest BCUT2D eigenvalue weighted by Gasteiger charge is -2.47. The van der Waals surface area contributed by atoms with Gasteiger partial charge in [0, 0.05) is 37.3 Å². The van der Waals surface area contributed by atoms with Crippen LogP contribution in [0.25, 0.3) is 0 Å². The van der Waals surface area contributed by atoms with E-state index in [1.165, 1.54) is 5.56 Å². The predicted molar refractivity (Wildman–Crippen MR) is 147 cm³/mol. The molecular weight excluding hydrogens is 480 g/mol. The number of hydrogen-bond donors (Lipinski definition) is 1. The minimum atomic E-state index is -1.02. The van der Waals surface area contributed by atoms with Crippen LogP contribution in [0.3, 0.4) is 0 Å². The van der Waals surface area contributed by atoms with Crippen molar-refractivity contribution in [3.8, 4) is 11.5 Å². The van der Waals surface area contributed by atoms with Gasteiger partial charge in [0.05, 0.1) is 13.2 Å². The second-order valence-electron chi connectivity index (χ2n) is 10.0. The monoisotopic (exact) mass is 516 g/mol. The minimum Gasteiger partial charge on any atom is -0.497 e. The van der Waals surface area contributed by atoms with E-state index in [-0.39, 0.29) is 23.9 Å². The van der Waals surface area contributed by atoms with Crippen molar-refractivity contribution in [2.24, 2.45) is 0 Å². The highest BCUT2D eigenvalue weighted by molar-refractivity contribution is 5.94. The molecule has 0 amide bonds. The van der Waals surface area contributed by atoms with E-state index in [0.717, 1.165) is 36.5 Å². The highest BCUT2D eigenvalue weighted by atomic mass is 16.5. The third kappa shape index (κ3) is 6.60. The zero-order valence-electron chi connectivity index (χ0n) is 22.5. The first kappa shape index (κ1) is 27.4. The summed E-state index contributed by atoms with van der Waals surface area (Å²) in [6.45, 7) is 8.18. The number of carboxylic acid groups (broad SMARTS) is 1. The summed E-state index contributed by atoms with van der Waals surface area (Å²) >= 11 is 0. The molecule has 0 aliphatic carbocycles. The van der Waals surface area contributed by atoms with Gasteiger partial charge in [-0.15, -0.1) is 0 Å². The van der Waals surface area contributed by atoms with Crippen molar-refractivity contribution in [3.05, 3.63) is 95.1 Å². The van der Waals surface area contributed by atoms with E-state index in [1.807, 2.05) is 48.5 Å². The van der Waals surface area contributed by atoms with Crippen LogP contribution in [-0.2, 0) is 11.3 Å². The average Bonchev–Trinajstić information content (AvgIpc) is 2.91. The van der Waals surface area contributed by atoms with E-state index in [0.29, 0.717) is 11.3 Å². The van der Waals surface area contributed by atoms with Gasteiger partial charge in [0.15, 0.2) is 12.4 Å². The Bertz CT molecular complexity index is 1280. The molecule has 1 fully saturated rings. The summed E-state index contributed by atoms with van der Waals surface area (Å²) in [6.07, 6.45) is 0. The minimum absolute atomic E-state index is 0.0219. The molecule has 0 saturated carbocycles. The third-order valence-corrected chi connectivity index (χ3v) is 7.16. The Balaban J connectivity index is 1.65. The number of hydrogen-bond acceptors (Lipinski definition) is 6. The van der Waals surface area contributed by atoms with Crippen LogP contribution in [0.4, 0.5) is 0 Å². The van der Waals surface area contributed by atoms with Crippen molar-refractivity contribution in [3.63, 3.8) is 0 Å². The Morgan fingerprint density at radius 3 is 2.32 bits per heavy atom. The molecule has 3 aromatic carbocycles. The summed E-state index contributed by atoms with van der Waals surface area (Å²) in [5.41, 5.74) is 3.90. The van der Waals surface area contributed by atoms with Gasteiger partial charge in [0.1, 0.15) is 11.5 Å². The molecule has 7 heteroatoms. The predicted octanol–water partition coefficient (Wildman–Crippen LogP) is 5.05. The van der Waals surface area contributed by atoms with Crippen molar-refractivity contribution in [1.82, 2.24) is 9.80 Å². The van der Waals surface area contributed by atoms with E-state index < -0.39 is 12.6 Å². The van der Waals surface area contributed by atoms with E-state index >= 15 is 0 Å². The summed E-state index contributed by atoms with van der Waals surface area (Å²) < 4.78 is 10.9. The number of Topliss-reactive ketones (excluding diaryl/α,β-unsaturated/α-hetero) is 1. The van der Waals surface area contributed by atoms with E-state index in [4.69, 9.17) is 14.6 Å². The van der Waals surface area contributed by atoms with Gasteiger partial charge in [-0.3, -0.25) is 14.6 Å².